The van der Waals surface area contributed by atoms with Crippen molar-refractivity contribution in [1.29, 1.82) is 5.41 Å². The molecule has 1 heterocycles. The number of aryl methyl sites for hydroxylation is 1. The molecule has 4 N–H and O–H groups in total. The van der Waals surface area contributed by atoms with Crippen LogP contribution >= 0.6 is 0 Å². The Bertz CT molecular complexity index is 487. The third kappa shape index (κ3) is 3.91. The summed E-state index contributed by atoms with van der Waals surface area (Å²) >= 11 is 0. The van der Waals surface area contributed by atoms with Gasteiger partial charge in [0.15, 0.2) is 5.82 Å². The van der Waals surface area contributed by atoms with Crippen LogP contribution in [0.25, 0.3) is 0 Å². The van der Waals surface area contributed by atoms with E-state index in [1.54, 1.807) is 0 Å². The summed E-state index contributed by atoms with van der Waals surface area (Å²) in [5.41, 5.74) is 8.42. The molecule has 0 aromatic carbocycles. The van der Waals surface area contributed by atoms with Crippen LogP contribution in [0.4, 0.5) is 5.82 Å². The first-order valence-corrected chi connectivity index (χ1v) is 7.58. The first-order valence-electron chi connectivity index (χ1n) is 7.58. The topological polar surface area (TPSA) is 99.1 Å². The third-order valence-electron chi connectivity index (χ3n) is 3.55. The predicted molar refractivity (Wildman–Crippen MR) is 86.0 cm³/mol. The summed E-state index contributed by atoms with van der Waals surface area (Å²) in [5.74, 6) is 0.682. The Labute approximate surface area is 126 Å². The molecule has 0 saturated heterocycles. The van der Waals surface area contributed by atoms with Crippen molar-refractivity contribution in [2.24, 2.45) is 5.73 Å². The first kappa shape index (κ1) is 17.4. The van der Waals surface area contributed by atoms with E-state index in [4.69, 9.17) is 16.2 Å². The van der Waals surface area contributed by atoms with Gasteiger partial charge in [-0.3, -0.25) is 5.41 Å². The Balaban J connectivity index is 3.42. The average Bonchev–Trinajstić information content (AvgIpc) is 2.46. The molecule has 0 unspecified atom stereocenters. The molecule has 0 amide bonds. The van der Waals surface area contributed by atoms with Crippen LogP contribution < -0.4 is 10.6 Å². The zero-order valence-corrected chi connectivity index (χ0v) is 13.5. The molecule has 6 heteroatoms. The number of hydrogen-bond donors (Lipinski definition) is 3. The van der Waals surface area contributed by atoms with E-state index in [-0.39, 0.29) is 18.5 Å². The van der Waals surface area contributed by atoms with Gasteiger partial charge < -0.3 is 15.7 Å². The van der Waals surface area contributed by atoms with Crippen molar-refractivity contribution >= 4 is 11.7 Å². The van der Waals surface area contributed by atoms with Crippen LogP contribution in [-0.2, 0) is 12.8 Å². The Morgan fingerprint density at radius 3 is 2.38 bits per heavy atom. The van der Waals surface area contributed by atoms with Gasteiger partial charge in [-0.1, -0.05) is 13.8 Å². The highest BCUT2D eigenvalue weighted by molar-refractivity contribution is 6.01. The molecule has 0 spiro atoms. The van der Waals surface area contributed by atoms with E-state index in [9.17, 15) is 0 Å². The number of rotatable bonds is 8. The number of aliphatic hydroxyl groups excluding tert-OH is 1. The van der Waals surface area contributed by atoms with Crippen LogP contribution in [0.2, 0.25) is 0 Å². The predicted octanol–water partition coefficient (Wildman–Crippen LogP) is 1.48. The molecule has 0 radical (unpaired) electrons. The van der Waals surface area contributed by atoms with Gasteiger partial charge in [0.05, 0.1) is 11.3 Å². The van der Waals surface area contributed by atoms with Crippen molar-refractivity contribution in [3.8, 4) is 0 Å². The fourth-order valence-electron chi connectivity index (χ4n) is 2.50. The molecule has 6 nitrogen and oxygen atoms in total. The van der Waals surface area contributed by atoms with Crippen LogP contribution in [0.15, 0.2) is 0 Å². The van der Waals surface area contributed by atoms with Gasteiger partial charge >= 0.3 is 0 Å². The molecule has 0 atom stereocenters. The van der Waals surface area contributed by atoms with Crippen LogP contribution in [0.5, 0.6) is 0 Å². The molecule has 0 saturated carbocycles. The lowest BCUT2D eigenvalue weighted by Gasteiger charge is -2.30. The maximum atomic E-state index is 9.08. The summed E-state index contributed by atoms with van der Waals surface area (Å²) < 4.78 is 0. The summed E-state index contributed by atoms with van der Waals surface area (Å²) in [7, 11) is 0. The lowest BCUT2D eigenvalue weighted by molar-refractivity contribution is 0.288. The van der Waals surface area contributed by atoms with Gasteiger partial charge in [-0.15, -0.1) is 5.10 Å². The smallest absolute Gasteiger partial charge is 0.162 e. The number of nitrogens with zero attached hydrogens (tertiary/aromatic N) is 3. The van der Waals surface area contributed by atoms with E-state index in [0.29, 0.717) is 24.3 Å². The summed E-state index contributed by atoms with van der Waals surface area (Å²) in [6.07, 6.45) is 2.19. The lowest BCUT2D eigenvalue weighted by Crippen LogP contribution is -2.36. The zero-order chi connectivity index (χ0) is 16.0. The van der Waals surface area contributed by atoms with E-state index in [0.717, 1.165) is 24.1 Å². The molecule has 0 aliphatic carbocycles. The van der Waals surface area contributed by atoms with Crippen LogP contribution in [0.1, 0.15) is 50.9 Å². The molecule has 0 bridgehead atoms. The molecule has 1 aromatic heterocycles. The summed E-state index contributed by atoms with van der Waals surface area (Å²) in [6, 6.07) is 0.195. The molecular formula is C15H27N5O. The van der Waals surface area contributed by atoms with Gasteiger partial charge in [0.1, 0.15) is 5.84 Å². The summed E-state index contributed by atoms with van der Waals surface area (Å²) in [6.45, 7) is 8.97. The lowest BCUT2D eigenvalue weighted by atomic mass is 10.0. The Hall–Kier alpha value is -1.69. The molecule has 1 aromatic rings. The summed E-state index contributed by atoms with van der Waals surface area (Å²) in [4.78, 5) is 2.05. The Morgan fingerprint density at radius 2 is 1.95 bits per heavy atom. The van der Waals surface area contributed by atoms with Gasteiger partial charge in [-0.05, 0) is 38.7 Å². The molecule has 0 fully saturated rings. The van der Waals surface area contributed by atoms with Crippen molar-refractivity contribution in [3.05, 3.63) is 16.8 Å². The second-order valence-corrected chi connectivity index (χ2v) is 5.31. The van der Waals surface area contributed by atoms with Crippen LogP contribution in [0, 0.1) is 5.41 Å². The second-order valence-electron chi connectivity index (χ2n) is 5.31. The van der Waals surface area contributed by atoms with E-state index >= 15 is 0 Å². The molecule has 21 heavy (non-hydrogen) atoms. The normalized spacial score (nSPS) is 11.0. The van der Waals surface area contributed by atoms with Gasteiger partial charge in [0.25, 0.3) is 0 Å². The highest BCUT2D eigenvalue weighted by Gasteiger charge is 2.22. The zero-order valence-electron chi connectivity index (χ0n) is 13.5. The maximum absolute atomic E-state index is 9.08. The van der Waals surface area contributed by atoms with Gasteiger partial charge in [0, 0.05) is 19.2 Å². The summed E-state index contributed by atoms with van der Waals surface area (Å²) in [5, 5.41) is 25.7. The largest absolute Gasteiger partial charge is 0.396 e. The van der Waals surface area contributed by atoms with Crippen molar-refractivity contribution in [2.45, 2.75) is 53.0 Å². The molecule has 118 valence electrons. The second kappa shape index (κ2) is 7.93. The van der Waals surface area contributed by atoms with Crippen molar-refractivity contribution in [3.63, 3.8) is 0 Å². The number of amidine groups is 1. The monoisotopic (exact) mass is 293 g/mol. The molecule has 0 aliphatic heterocycles. The van der Waals surface area contributed by atoms with Gasteiger partial charge in [0.2, 0.25) is 0 Å². The Kier molecular flexibility index (Phi) is 6.55. The minimum atomic E-state index is 0.0288. The van der Waals surface area contributed by atoms with Gasteiger partial charge in [-0.25, -0.2) is 0 Å². The number of nitrogens with one attached hydrogen (secondary N) is 1. The quantitative estimate of drug-likeness (QED) is 0.498. The van der Waals surface area contributed by atoms with Crippen molar-refractivity contribution in [2.75, 3.05) is 18.1 Å². The minimum Gasteiger partial charge on any atom is -0.396 e. The number of nitrogen functional groups attached to an aromatic ring is 1. The molecular weight excluding hydrogens is 266 g/mol. The number of aromatic nitrogens is 2. The third-order valence-corrected chi connectivity index (χ3v) is 3.55. The standard InChI is InChI=1S/C15H27N5O/c1-5-11-12(6-2)18-19-15(13(11)14(16)17)20(10(3)4)8-7-9-21/h10,21H,5-9H2,1-4H3,(H3,16,17). The first-order chi connectivity index (χ1) is 9.97. The maximum Gasteiger partial charge on any atom is 0.162 e. The van der Waals surface area contributed by atoms with E-state index in [2.05, 4.69) is 28.9 Å². The van der Waals surface area contributed by atoms with E-state index < -0.39 is 0 Å². The number of aliphatic hydroxyl groups is 1. The highest BCUT2D eigenvalue weighted by atomic mass is 16.3. The SMILES string of the molecule is CCc1nnc(N(CCCO)C(C)C)c(C(=N)N)c1CC. The fraction of sp³-hybridized carbons (Fsp3) is 0.667. The van der Waals surface area contributed by atoms with Crippen molar-refractivity contribution in [1.82, 2.24) is 10.2 Å². The van der Waals surface area contributed by atoms with Crippen LogP contribution in [0.3, 0.4) is 0 Å². The highest BCUT2D eigenvalue weighted by Crippen LogP contribution is 2.25. The molecule has 1 rings (SSSR count). The van der Waals surface area contributed by atoms with Gasteiger partial charge in [-0.2, -0.15) is 5.10 Å². The van der Waals surface area contributed by atoms with E-state index in [1.807, 2.05) is 13.8 Å². The number of hydrogen-bond acceptors (Lipinski definition) is 5. The van der Waals surface area contributed by atoms with Crippen molar-refractivity contribution < 1.29 is 5.11 Å². The van der Waals surface area contributed by atoms with E-state index in [1.165, 1.54) is 0 Å². The number of anilines is 1. The minimum absolute atomic E-state index is 0.0288. The van der Waals surface area contributed by atoms with Crippen LogP contribution in [-0.4, -0.2) is 40.3 Å². The Morgan fingerprint density at radius 1 is 1.29 bits per heavy atom. The average molecular weight is 293 g/mol. The number of nitrogens with two attached hydrogens (primary N) is 1. The fourth-order valence-corrected chi connectivity index (χ4v) is 2.50. The molecule has 0 aliphatic rings.